The SMILES string of the molecule is C=O.CCN(CC)c1ccc2ccc(Cl)nc2c1. The highest BCUT2D eigenvalue weighted by Gasteiger charge is 2.03. The Morgan fingerprint density at radius 3 is 2.39 bits per heavy atom. The average molecular weight is 265 g/mol. The standard InChI is InChI=1S/C13H15ClN2.CH2O/c1-3-16(4-2)11-7-5-10-6-8-13(14)15-12(10)9-11;1-2/h5-9H,3-4H2,1-2H3;1H2. The lowest BCUT2D eigenvalue weighted by Crippen LogP contribution is -2.21. The maximum Gasteiger partial charge on any atom is 0.129 e. The summed E-state index contributed by atoms with van der Waals surface area (Å²) in [7, 11) is 0. The van der Waals surface area contributed by atoms with E-state index < -0.39 is 0 Å². The predicted molar refractivity (Wildman–Crippen MR) is 77.4 cm³/mol. The van der Waals surface area contributed by atoms with Gasteiger partial charge in [0.2, 0.25) is 0 Å². The number of hydrogen-bond donors (Lipinski definition) is 0. The molecule has 0 aliphatic rings. The summed E-state index contributed by atoms with van der Waals surface area (Å²) < 4.78 is 0. The summed E-state index contributed by atoms with van der Waals surface area (Å²) in [6.45, 7) is 8.31. The van der Waals surface area contributed by atoms with Crippen molar-refractivity contribution in [1.82, 2.24) is 4.98 Å². The van der Waals surface area contributed by atoms with E-state index in [4.69, 9.17) is 16.4 Å². The first-order chi connectivity index (χ1) is 8.74. The van der Waals surface area contributed by atoms with E-state index in [0.29, 0.717) is 5.15 Å². The largest absolute Gasteiger partial charge is 0.372 e. The van der Waals surface area contributed by atoms with Crippen LogP contribution in [0.5, 0.6) is 0 Å². The molecule has 0 saturated heterocycles. The molecule has 0 radical (unpaired) electrons. The molecule has 1 aromatic carbocycles. The second-order valence-electron chi connectivity index (χ2n) is 3.68. The van der Waals surface area contributed by atoms with E-state index in [0.717, 1.165) is 24.0 Å². The van der Waals surface area contributed by atoms with Crippen LogP contribution < -0.4 is 4.90 Å². The Bertz CT molecular complexity index is 512. The molecule has 0 atom stereocenters. The Morgan fingerprint density at radius 2 is 1.78 bits per heavy atom. The zero-order valence-corrected chi connectivity index (χ0v) is 11.4. The van der Waals surface area contributed by atoms with E-state index in [1.807, 2.05) is 18.9 Å². The number of halogens is 1. The minimum Gasteiger partial charge on any atom is -0.372 e. The fourth-order valence-corrected chi connectivity index (χ4v) is 2.02. The predicted octanol–water partition coefficient (Wildman–Crippen LogP) is 3.55. The molecule has 2 aromatic rings. The van der Waals surface area contributed by atoms with Crippen LogP contribution in [0.25, 0.3) is 10.9 Å². The normalized spacial score (nSPS) is 9.72. The van der Waals surface area contributed by atoms with E-state index >= 15 is 0 Å². The van der Waals surface area contributed by atoms with Crippen molar-refractivity contribution < 1.29 is 4.79 Å². The van der Waals surface area contributed by atoms with Crippen molar-refractivity contribution in [2.24, 2.45) is 0 Å². The summed E-state index contributed by atoms with van der Waals surface area (Å²) in [6, 6.07) is 10.1. The molecule has 1 heterocycles. The summed E-state index contributed by atoms with van der Waals surface area (Å²) in [5.41, 5.74) is 2.16. The van der Waals surface area contributed by atoms with Gasteiger partial charge in [0.15, 0.2) is 0 Å². The van der Waals surface area contributed by atoms with Crippen LogP contribution in [-0.4, -0.2) is 24.9 Å². The van der Waals surface area contributed by atoms with E-state index in [1.165, 1.54) is 5.69 Å². The van der Waals surface area contributed by atoms with Crippen LogP contribution in [0, 0.1) is 0 Å². The Hall–Kier alpha value is -1.61. The highest BCUT2D eigenvalue weighted by atomic mass is 35.5. The molecule has 0 spiro atoms. The van der Waals surface area contributed by atoms with Crippen LogP contribution in [0.2, 0.25) is 5.15 Å². The van der Waals surface area contributed by atoms with Crippen molar-refractivity contribution in [2.75, 3.05) is 18.0 Å². The van der Waals surface area contributed by atoms with Gasteiger partial charge in [0, 0.05) is 24.2 Å². The third-order valence-corrected chi connectivity index (χ3v) is 2.98. The first-order valence-electron chi connectivity index (χ1n) is 5.84. The molecular formula is C14H17ClN2O. The molecule has 0 bridgehead atoms. The van der Waals surface area contributed by atoms with Gasteiger partial charge in [-0.3, -0.25) is 0 Å². The van der Waals surface area contributed by atoms with Gasteiger partial charge in [0.1, 0.15) is 11.9 Å². The lowest BCUT2D eigenvalue weighted by molar-refractivity contribution is -0.0979. The lowest BCUT2D eigenvalue weighted by Gasteiger charge is -2.21. The fourth-order valence-electron chi connectivity index (χ4n) is 1.87. The first kappa shape index (κ1) is 14.5. The van der Waals surface area contributed by atoms with Crippen LogP contribution in [0.4, 0.5) is 5.69 Å². The third-order valence-electron chi connectivity index (χ3n) is 2.77. The van der Waals surface area contributed by atoms with Crippen molar-refractivity contribution in [3.8, 4) is 0 Å². The fraction of sp³-hybridized carbons (Fsp3) is 0.286. The van der Waals surface area contributed by atoms with Gasteiger partial charge in [-0.25, -0.2) is 4.98 Å². The zero-order valence-electron chi connectivity index (χ0n) is 10.7. The average Bonchev–Trinajstić information content (AvgIpc) is 2.42. The molecule has 0 fully saturated rings. The molecule has 4 heteroatoms. The van der Waals surface area contributed by atoms with Crippen molar-refractivity contribution in [3.05, 3.63) is 35.5 Å². The Labute approximate surface area is 112 Å². The van der Waals surface area contributed by atoms with Gasteiger partial charge in [-0.1, -0.05) is 17.7 Å². The quantitative estimate of drug-likeness (QED) is 0.795. The van der Waals surface area contributed by atoms with Gasteiger partial charge >= 0.3 is 0 Å². The molecule has 0 unspecified atom stereocenters. The van der Waals surface area contributed by atoms with Crippen LogP contribution in [0.3, 0.4) is 0 Å². The monoisotopic (exact) mass is 264 g/mol. The molecule has 1 aromatic heterocycles. The lowest BCUT2D eigenvalue weighted by atomic mass is 10.2. The van der Waals surface area contributed by atoms with Crippen molar-refractivity contribution in [3.63, 3.8) is 0 Å². The molecule has 2 rings (SSSR count). The van der Waals surface area contributed by atoms with E-state index in [1.54, 1.807) is 0 Å². The highest BCUT2D eigenvalue weighted by molar-refractivity contribution is 6.29. The van der Waals surface area contributed by atoms with Gasteiger partial charge in [0.05, 0.1) is 5.52 Å². The van der Waals surface area contributed by atoms with E-state index in [2.05, 4.69) is 41.9 Å². The molecule has 0 N–H and O–H groups in total. The summed E-state index contributed by atoms with van der Waals surface area (Å²) in [5, 5.41) is 1.67. The molecule has 0 saturated carbocycles. The van der Waals surface area contributed by atoms with Crippen LogP contribution in [0.15, 0.2) is 30.3 Å². The number of pyridine rings is 1. The number of benzene rings is 1. The molecule has 0 aliphatic heterocycles. The molecule has 0 amide bonds. The van der Waals surface area contributed by atoms with E-state index in [9.17, 15) is 0 Å². The topological polar surface area (TPSA) is 33.2 Å². The van der Waals surface area contributed by atoms with E-state index in [-0.39, 0.29) is 0 Å². The maximum atomic E-state index is 8.00. The molecule has 0 aliphatic carbocycles. The van der Waals surface area contributed by atoms with Gasteiger partial charge in [0.25, 0.3) is 0 Å². The number of anilines is 1. The molecule has 3 nitrogen and oxygen atoms in total. The highest BCUT2D eigenvalue weighted by Crippen LogP contribution is 2.22. The third kappa shape index (κ3) is 3.20. The number of carbonyl (C=O) groups excluding carboxylic acids is 1. The summed E-state index contributed by atoms with van der Waals surface area (Å²) in [6.07, 6.45) is 0. The number of nitrogens with zero attached hydrogens (tertiary/aromatic N) is 2. The number of carbonyl (C=O) groups is 1. The van der Waals surface area contributed by atoms with Crippen LogP contribution >= 0.6 is 11.6 Å². The minimum atomic E-state index is 0.546. The first-order valence-corrected chi connectivity index (χ1v) is 6.22. The Balaban J connectivity index is 0.000000771. The van der Waals surface area contributed by atoms with Crippen molar-refractivity contribution >= 4 is 35.0 Å². The molecule has 96 valence electrons. The Kier molecular flexibility index (Phi) is 5.59. The van der Waals surface area contributed by atoms with Crippen LogP contribution in [-0.2, 0) is 4.79 Å². The number of aromatic nitrogens is 1. The zero-order chi connectivity index (χ0) is 13.5. The maximum absolute atomic E-state index is 8.00. The van der Waals surface area contributed by atoms with Crippen molar-refractivity contribution in [1.29, 1.82) is 0 Å². The molecule has 18 heavy (non-hydrogen) atoms. The van der Waals surface area contributed by atoms with Gasteiger partial charge in [-0.15, -0.1) is 0 Å². The smallest absolute Gasteiger partial charge is 0.129 e. The summed E-state index contributed by atoms with van der Waals surface area (Å²) in [5.74, 6) is 0. The Morgan fingerprint density at radius 1 is 1.17 bits per heavy atom. The van der Waals surface area contributed by atoms with Crippen molar-refractivity contribution in [2.45, 2.75) is 13.8 Å². The number of rotatable bonds is 3. The van der Waals surface area contributed by atoms with Gasteiger partial charge in [-0.2, -0.15) is 0 Å². The van der Waals surface area contributed by atoms with Crippen LogP contribution in [0.1, 0.15) is 13.8 Å². The second-order valence-corrected chi connectivity index (χ2v) is 4.07. The van der Waals surface area contributed by atoms with Gasteiger partial charge in [-0.05, 0) is 38.1 Å². The number of hydrogen-bond acceptors (Lipinski definition) is 3. The van der Waals surface area contributed by atoms with Gasteiger partial charge < -0.3 is 9.69 Å². The minimum absolute atomic E-state index is 0.546. The number of fused-ring (bicyclic) bond motifs is 1. The second kappa shape index (κ2) is 6.97. The summed E-state index contributed by atoms with van der Waals surface area (Å²) >= 11 is 5.89. The summed E-state index contributed by atoms with van der Waals surface area (Å²) in [4.78, 5) is 14.6. The molecular weight excluding hydrogens is 248 g/mol.